The first kappa shape index (κ1) is 39.3. The van der Waals surface area contributed by atoms with E-state index in [1.807, 2.05) is 4.72 Å². The minimum Gasteiger partial charge on any atom is -0.480 e. The second-order valence-corrected chi connectivity index (χ2v) is 11.9. The number of hydrogen-bond donors (Lipinski definition) is 8. The van der Waals surface area contributed by atoms with Crippen LogP contribution in [-0.2, 0) is 50.0 Å². The number of carboxylic acid groups (broad SMARTS) is 2. The predicted molar refractivity (Wildman–Crippen MR) is 157 cm³/mol. The molecule has 258 valence electrons. The highest BCUT2D eigenvalue weighted by molar-refractivity contribution is 7.90. The van der Waals surface area contributed by atoms with Crippen molar-refractivity contribution in [1.82, 2.24) is 46.6 Å². The molecule has 21 heteroatoms. The Morgan fingerprint density at radius 3 is 1.85 bits per heavy atom. The molecule has 0 fully saturated rings. The first-order valence-electron chi connectivity index (χ1n) is 14.6. The fraction of sp³-hybridized carbons (Fsp3) is 0.680. The highest BCUT2D eigenvalue weighted by Gasteiger charge is 2.24. The Bertz CT molecular complexity index is 1290. The number of sulfonamides is 1. The van der Waals surface area contributed by atoms with Crippen molar-refractivity contribution in [2.75, 3.05) is 18.8 Å². The zero-order chi connectivity index (χ0) is 34.5. The van der Waals surface area contributed by atoms with Crippen molar-refractivity contribution in [1.29, 1.82) is 0 Å². The third kappa shape index (κ3) is 18.2. The van der Waals surface area contributed by atoms with E-state index in [9.17, 15) is 52.2 Å². The van der Waals surface area contributed by atoms with Gasteiger partial charge in [-0.3, -0.25) is 28.7 Å². The summed E-state index contributed by atoms with van der Waals surface area (Å²) in [5.41, 5.74) is 0. The average Bonchev–Trinajstić information content (AvgIpc) is 3.48. The smallest absolute Gasteiger partial charge is 0.326 e. The van der Waals surface area contributed by atoms with E-state index in [1.165, 1.54) is 0 Å². The molecule has 1 aromatic rings. The topological polar surface area (TPSA) is 309 Å². The third-order valence-corrected chi connectivity index (χ3v) is 7.52. The number of nitrogens with one attached hydrogen (secondary N) is 6. The number of carbonyl (C=O) groups excluding carboxylic acids is 5. The molecule has 0 radical (unpaired) electrons. The van der Waals surface area contributed by atoms with Crippen molar-refractivity contribution in [3.05, 3.63) is 5.82 Å². The van der Waals surface area contributed by atoms with Crippen molar-refractivity contribution in [3.8, 4) is 0 Å². The number of aromatic amines is 1. The molecule has 0 aliphatic heterocycles. The van der Waals surface area contributed by atoms with Gasteiger partial charge in [-0.25, -0.2) is 23.1 Å². The van der Waals surface area contributed by atoms with Crippen LogP contribution >= 0.6 is 0 Å². The number of H-pyrrole nitrogens is 1. The van der Waals surface area contributed by atoms with Crippen LogP contribution in [0.4, 0.5) is 0 Å². The Morgan fingerprint density at radius 2 is 1.28 bits per heavy atom. The van der Waals surface area contributed by atoms with Crippen molar-refractivity contribution < 1.29 is 52.2 Å². The number of carboxylic acids is 2. The highest BCUT2D eigenvalue weighted by atomic mass is 32.2. The maximum Gasteiger partial charge on any atom is 0.326 e. The molecule has 1 rings (SSSR count). The van der Waals surface area contributed by atoms with Crippen LogP contribution in [0.5, 0.6) is 0 Å². The molecule has 1 aromatic heterocycles. The number of amides is 5. The standard InChI is InChI=1S/C25H41N9O11S/c1-2-26-20(36)12-10-16(24(40)41)29-22(38)13-11-17(25(42)43)28-21(37)8-4-14-27-19(35)9-5-15-46(44,45)32-23(39)7-3-6-18-30-33-34-31-18/h16-17H,2-15H2,1H3,(H,26,36)(H,27,35)(H,28,37)(H,29,38)(H,32,39)(H,40,41)(H,42,43)(H,30,31,33,34)/t16?,17-/m0/s1. The van der Waals surface area contributed by atoms with E-state index in [-0.39, 0.29) is 63.8 Å². The van der Waals surface area contributed by atoms with E-state index in [4.69, 9.17) is 0 Å². The van der Waals surface area contributed by atoms with Crippen LogP contribution in [0.15, 0.2) is 0 Å². The van der Waals surface area contributed by atoms with Gasteiger partial charge in [0.25, 0.3) is 0 Å². The van der Waals surface area contributed by atoms with Gasteiger partial charge >= 0.3 is 11.9 Å². The summed E-state index contributed by atoms with van der Waals surface area (Å²) in [6.45, 7) is 2.11. The summed E-state index contributed by atoms with van der Waals surface area (Å²) >= 11 is 0. The van der Waals surface area contributed by atoms with Gasteiger partial charge in [0.05, 0.1) is 5.75 Å². The molecule has 5 amide bonds. The first-order valence-corrected chi connectivity index (χ1v) is 16.2. The van der Waals surface area contributed by atoms with Crippen molar-refractivity contribution in [2.45, 2.75) is 89.6 Å². The summed E-state index contributed by atoms with van der Waals surface area (Å²) in [7, 11) is -3.94. The zero-order valence-electron chi connectivity index (χ0n) is 25.4. The molecule has 20 nitrogen and oxygen atoms in total. The van der Waals surface area contributed by atoms with Gasteiger partial charge in [0.1, 0.15) is 17.9 Å². The molecular weight excluding hydrogens is 634 g/mol. The van der Waals surface area contributed by atoms with Gasteiger partial charge in [-0.2, -0.15) is 0 Å². The van der Waals surface area contributed by atoms with Crippen molar-refractivity contribution in [2.24, 2.45) is 0 Å². The Kier molecular flexibility index (Phi) is 18.1. The van der Waals surface area contributed by atoms with Crippen LogP contribution in [0.1, 0.15) is 77.0 Å². The third-order valence-electron chi connectivity index (χ3n) is 6.16. The van der Waals surface area contributed by atoms with E-state index < -0.39 is 69.8 Å². The van der Waals surface area contributed by atoms with E-state index >= 15 is 0 Å². The van der Waals surface area contributed by atoms with Crippen molar-refractivity contribution in [3.63, 3.8) is 0 Å². The largest absolute Gasteiger partial charge is 0.480 e. The lowest BCUT2D eigenvalue weighted by Gasteiger charge is -2.17. The maximum atomic E-state index is 12.2. The molecule has 0 spiro atoms. The van der Waals surface area contributed by atoms with E-state index in [2.05, 4.69) is 41.9 Å². The normalized spacial score (nSPS) is 12.3. The average molecular weight is 676 g/mol. The first-order chi connectivity index (χ1) is 21.7. The molecule has 8 N–H and O–H groups in total. The number of aryl methyl sites for hydroxylation is 1. The second-order valence-electron chi connectivity index (χ2n) is 10.1. The maximum absolute atomic E-state index is 12.2. The van der Waals surface area contributed by atoms with Gasteiger partial charge in [0.15, 0.2) is 0 Å². The summed E-state index contributed by atoms with van der Waals surface area (Å²) in [6.07, 6.45) is -0.644. The summed E-state index contributed by atoms with van der Waals surface area (Å²) in [5, 5.41) is 41.1. The van der Waals surface area contributed by atoms with Crippen LogP contribution in [0.25, 0.3) is 0 Å². The van der Waals surface area contributed by atoms with Gasteiger partial charge in [-0.05, 0) is 49.5 Å². The summed E-state index contributed by atoms with van der Waals surface area (Å²) in [4.78, 5) is 82.7. The quantitative estimate of drug-likeness (QED) is 0.0525. The molecule has 0 aliphatic rings. The van der Waals surface area contributed by atoms with Gasteiger partial charge in [-0.1, -0.05) is 0 Å². The van der Waals surface area contributed by atoms with Crippen LogP contribution in [0, 0.1) is 0 Å². The van der Waals surface area contributed by atoms with E-state index in [0.717, 1.165) is 0 Å². The van der Waals surface area contributed by atoms with Gasteiger partial charge in [0, 0.05) is 51.6 Å². The monoisotopic (exact) mass is 675 g/mol. The van der Waals surface area contributed by atoms with Crippen LogP contribution < -0.4 is 26.0 Å². The molecule has 0 bridgehead atoms. The summed E-state index contributed by atoms with van der Waals surface area (Å²) < 4.78 is 26.1. The van der Waals surface area contributed by atoms with E-state index in [1.54, 1.807) is 6.92 Å². The molecule has 0 saturated heterocycles. The summed E-state index contributed by atoms with van der Waals surface area (Å²) in [6, 6.07) is -2.78. The Hall–Kier alpha value is -4.69. The second kappa shape index (κ2) is 21.1. The minimum absolute atomic E-state index is 0.0451. The molecule has 0 aromatic carbocycles. The van der Waals surface area contributed by atoms with Crippen LogP contribution in [0.3, 0.4) is 0 Å². The van der Waals surface area contributed by atoms with Crippen LogP contribution in [-0.4, -0.2) is 112 Å². The van der Waals surface area contributed by atoms with Gasteiger partial charge in [-0.15, -0.1) is 5.10 Å². The Morgan fingerprint density at radius 1 is 0.739 bits per heavy atom. The van der Waals surface area contributed by atoms with E-state index in [0.29, 0.717) is 25.2 Å². The van der Waals surface area contributed by atoms with Gasteiger partial charge in [0.2, 0.25) is 39.6 Å². The number of aliphatic carboxylic acids is 2. The van der Waals surface area contributed by atoms with Crippen molar-refractivity contribution >= 4 is 51.5 Å². The molecule has 1 heterocycles. The Labute approximate surface area is 264 Å². The fourth-order valence-electron chi connectivity index (χ4n) is 3.85. The molecular formula is C25H41N9O11S. The number of tetrazole rings is 1. The minimum atomic E-state index is -3.94. The zero-order valence-corrected chi connectivity index (χ0v) is 26.2. The molecule has 0 saturated carbocycles. The Balaban J connectivity index is 2.28. The molecule has 46 heavy (non-hydrogen) atoms. The number of carbonyl (C=O) groups is 7. The van der Waals surface area contributed by atoms with Crippen LogP contribution in [0.2, 0.25) is 0 Å². The summed E-state index contributed by atoms with van der Waals surface area (Å²) in [5.74, 6) is -5.74. The number of aromatic nitrogens is 4. The predicted octanol–water partition coefficient (Wildman–Crippen LogP) is -2.52. The number of hydrogen-bond acceptors (Lipinski definition) is 12. The lowest BCUT2D eigenvalue weighted by atomic mass is 10.1. The fourth-order valence-corrected chi connectivity index (χ4v) is 4.92. The number of rotatable bonds is 24. The highest BCUT2D eigenvalue weighted by Crippen LogP contribution is 2.04. The molecule has 2 atom stereocenters. The molecule has 0 aliphatic carbocycles. The lowest BCUT2D eigenvalue weighted by molar-refractivity contribution is -0.143. The van der Waals surface area contributed by atoms with Gasteiger partial charge < -0.3 is 31.5 Å². The lowest BCUT2D eigenvalue weighted by Crippen LogP contribution is -2.44. The SMILES string of the molecule is CCNC(=O)CCC(NC(=O)CC[C@H](NC(=O)CCCNC(=O)CCCS(=O)(=O)NC(=O)CCCc1nnn[nH]1)C(=O)O)C(=O)O. The number of nitrogens with zero attached hydrogens (tertiary/aromatic N) is 3. The molecule has 1 unspecified atom stereocenters.